The molecule has 3 aliphatic rings. The highest BCUT2D eigenvalue weighted by molar-refractivity contribution is 5.94. The summed E-state index contributed by atoms with van der Waals surface area (Å²) in [5.74, 6) is 0.440. The Morgan fingerprint density at radius 2 is 2.07 bits per heavy atom. The van der Waals surface area contributed by atoms with Crippen molar-refractivity contribution < 1.29 is 13.9 Å². The number of ether oxygens (including phenoxy) is 1. The van der Waals surface area contributed by atoms with Gasteiger partial charge in [-0.1, -0.05) is 13.0 Å². The van der Waals surface area contributed by atoms with Gasteiger partial charge in [0.1, 0.15) is 5.82 Å². The Kier molecular flexibility index (Phi) is 5.75. The molecule has 0 aromatic heterocycles. The molecular formula is C23H33FN2O2. The van der Waals surface area contributed by atoms with Crippen molar-refractivity contribution >= 4 is 5.91 Å². The number of nitrogens with zero attached hydrogens (tertiary/aromatic N) is 2. The van der Waals surface area contributed by atoms with E-state index in [1.165, 1.54) is 32.0 Å². The van der Waals surface area contributed by atoms with Gasteiger partial charge in [-0.05, 0) is 74.6 Å². The van der Waals surface area contributed by atoms with Crippen molar-refractivity contribution in [2.75, 3.05) is 39.3 Å². The molecule has 1 aromatic rings. The van der Waals surface area contributed by atoms with Crippen LogP contribution in [0.1, 0.15) is 54.9 Å². The zero-order chi connectivity index (χ0) is 19.7. The van der Waals surface area contributed by atoms with Crippen molar-refractivity contribution in [3.8, 4) is 0 Å². The summed E-state index contributed by atoms with van der Waals surface area (Å²) in [5.41, 5.74) is 1.26. The fourth-order valence-electron chi connectivity index (χ4n) is 5.19. The van der Waals surface area contributed by atoms with Crippen molar-refractivity contribution in [2.45, 2.75) is 52.1 Å². The molecule has 28 heavy (non-hydrogen) atoms. The van der Waals surface area contributed by atoms with Crippen LogP contribution in [0.5, 0.6) is 0 Å². The second-order valence-electron chi connectivity index (χ2n) is 9.40. The van der Waals surface area contributed by atoms with E-state index in [9.17, 15) is 9.18 Å². The van der Waals surface area contributed by atoms with E-state index in [2.05, 4.69) is 11.8 Å². The molecule has 1 spiro atoms. The van der Waals surface area contributed by atoms with Crippen LogP contribution in [-0.4, -0.2) is 61.1 Å². The number of hydrogen-bond acceptors (Lipinski definition) is 3. The first kappa shape index (κ1) is 19.8. The van der Waals surface area contributed by atoms with E-state index in [1.807, 2.05) is 4.90 Å². The van der Waals surface area contributed by atoms with E-state index < -0.39 is 0 Å². The standard InChI is InChI=1S/C23H33FN2O2/c1-17-4-3-9-25(14-17)15-20-13-23(16-28-20)7-10-26(11-8-23)22(27)19-6-5-18(2)21(24)12-19/h5-6,12,17,20H,3-4,7-11,13-16H2,1-2H3/t17-,20-/m1/s1. The smallest absolute Gasteiger partial charge is 0.253 e. The molecule has 3 saturated heterocycles. The van der Waals surface area contributed by atoms with Crippen molar-refractivity contribution in [2.24, 2.45) is 11.3 Å². The zero-order valence-corrected chi connectivity index (χ0v) is 17.3. The molecule has 1 amide bonds. The first-order chi connectivity index (χ1) is 13.4. The first-order valence-corrected chi connectivity index (χ1v) is 10.8. The number of carbonyl (C=O) groups excluding carboxylic acids is 1. The molecule has 0 bridgehead atoms. The van der Waals surface area contributed by atoms with Crippen molar-refractivity contribution in [1.82, 2.24) is 9.80 Å². The first-order valence-electron chi connectivity index (χ1n) is 10.8. The molecule has 0 radical (unpaired) electrons. The van der Waals surface area contributed by atoms with Crippen molar-refractivity contribution in [3.63, 3.8) is 0 Å². The highest BCUT2D eigenvalue weighted by Crippen LogP contribution is 2.42. The largest absolute Gasteiger partial charge is 0.376 e. The monoisotopic (exact) mass is 388 g/mol. The molecule has 0 unspecified atom stereocenters. The molecule has 0 saturated carbocycles. The Hall–Kier alpha value is -1.46. The molecular weight excluding hydrogens is 355 g/mol. The number of likely N-dealkylation sites (tertiary alicyclic amines) is 2. The Morgan fingerprint density at radius 1 is 1.29 bits per heavy atom. The third-order valence-electron chi connectivity index (χ3n) is 7.02. The lowest BCUT2D eigenvalue weighted by atomic mass is 9.76. The maximum atomic E-state index is 13.8. The van der Waals surface area contributed by atoms with E-state index >= 15 is 0 Å². The lowest BCUT2D eigenvalue weighted by Gasteiger charge is -2.38. The molecule has 0 aliphatic carbocycles. The summed E-state index contributed by atoms with van der Waals surface area (Å²) < 4.78 is 20.0. The molecule has 0 N–H and O–H groups in total. The van der Waals surface area contributed by atoms with Crippen LogP contribution in [0.4, 0.5) is 4.39 Å². The van der Waals surface area contributed by atoms with Gasteiger partial charge in [-0.3, -0.25) is 4.79 Å². The van der Waals surface area contributed by atoms with Crippen molar-refractivity contribution in [3.05, 3.63) is 35.1 Å². The summed E-state index contributed by atoms with van der Waals surface area (Å²) in [4.78, 5) is 17.2. The lowest BCUT2D eigenvalue weighted by molar-refractivity contribution is 0.0402. The summed E-state index contributed by atoms with van der Waals surface area (Å²) in [6.45, 7) is 9.82. The second kappa shape index (κ2) is 8.11. The number of amides is 1. The van der Waals surface area contributed by atoms with Crippen molar-refractivity contribution in [1.29, 1.82) is 0 Å². The molecule has 3 aliphatic heterocycles. The third kappa shape index (κ3) is 4.25. The topological polar surface area (TPSA) is 32.8 Å². The summed E-state index contributed by atoms with van der Waals surface area (Å²) in [7, 11) is 0. The highest BCUT2D eigenvalue weighted by atomic mass is 19.1. The van der Waals surface area contributed by atoms with E-state index in [-0.39, 0.29) is 17.1 Å². The average Bonchev–Trinajstić information content (AvgIpc) is 3.06. The van der Waals surface area contributed by atoms with Crippen LogP contribution in [0.3, 0.4) is 0 Å². The maximum absolute atomic E-state index is 13.8. The number of rotatable bonds is 3. The minimum Gasteiger partial charge on any atom is -0.376 e. The van der Waals surface area contributed by atoms with Gasteiger partial charge in [0, 0.05) is 31.7 Å². The summed E-state index contributed by atoms with van der Waals surface area (Å²) in [6, 6.07) is 4.79. The third-order valence-corrected chi connectivity index (χ3v) is 7.02. The Bertz CT molecular complexity index is 715. The molecule has 3 fully saturated rings. The summed E-state index contributed by atoms with van der Waals surface area (Å²) in [5, 5.41) is 0. The predicted octanol–water partition coefficient (Wildman–Crippen LogP) is 3.88. The van der Waals surface area contributed by atoms with Crippen LogP contribution in [0.15, 0.2) is 18.2 Å². The molecule has 2 atom stereocenters. The van der Waals surface area contributed by atoms with E-state index in [0.717, 1.165) is 51.4 Å². The SMILES string of the molecule is Cc1ccc(C(=O)N2CCC3(CC2)CO[C@@H](CN2CCC[C@@H](C)C2)C3)cc1F. The van der Waals surface area contributed by atoms with E-state index in [4.69, 9.17) is 4.74 Å². The number of aryl methyl sites for hydroxylation is 1. The molecule has 4 rings (SSSR count). The van der Waals surface area contributed by atoms with Gasteiger partial charge >= 0.3 is 0 Å². The molecule has 3 heterocycles. The summed E-state index contributed by atoms with van der Waals surface area (Å²) in [6.07, 6.45) is 6.06. The van der Waals surface area contributed by atoms with Gasteiger partial charge in [-0.15, -0.1) is 0 Å². The fourth-order valence-corrected chi connectivity index (χ4v) is 5.19. The van der Waals surface area contributed by atoms with Crippen LogP contribution in [0.25, 0.3) is 0 Å². The maximum Gasteiger partial charge on any atom is 0.253 e. The number of carbonyl (C=O) groups is 1. The Morgan fingerprint density at radius 3 is 2.79 bits per heavy atom. The zero-order valence-electron chi connectivity index (χ0n) is 17.3. The van der Waals surface area contributed by atoms with Crippen LogP contribution in [0, 0.1) is 24.1 Å². The number of piperidine rings is 2. The fraction of sp³-hybridized carbons (Fsp3) is 0.696. The van der Waals surface area contributed by atoms with Gasteiger partial charge < -0.3 is 14.5 Å². The molecule has 1 aromatic carbocycles. The van der Waals surface area contributed by atoms with Crippen LogP contribution in [0.2, 0.25) is 0 Å². The second-order valence-corrected chi connectivity index (χ2v) is 9.40. The number of hydrogen-bond donors (Lipinski definition) is 0. The van der Waals surface area contributed by atoms with Crippen LogP contribution < -0.4 is 0 Å². The van der Waals surface area contributed by atoms with E-state index in [0.29, 0.717) is 17.2 Å². The van der Waals surface area contributed by atoms with Gasteiger partial charge in [-0.2, -0.15) is 0 Å². The lowest BCUT2D eigenvalue weighted by Crippen LogP contribution is -2.44. The normalized spacial score (nSPS) is 28.0. The molecule has 154 valence electrons. The molecule has 5 heteroatoms. The average molecular weight is 389 g/mol. The predicted molar refractivity (Wildman–Crippen MR) is 108 cm³/mol. The number of halogens is 1. The van der Waals surface area contributed by atoms with Crippen LogP contribution in [-0.2, 0) is 4.74 Å². The van der Waals surface area contributed by atoms with E-state index in [1.54, 1.807) is 19.1 Å². The Balaban J connectivity index is 1.30. The van der Waals surface area contributed by atoms with Crippen LogP contribution >= 0.6 is 0 Å². The number of benzene rings is 1. The van der Waals surface area contributed by atoms with Gasteiger partial charge in [0.2, 0.25) is 0 Å². The highest BCUT2D eigenvalue weighted by Gasteiger charge is 2.43. The molecule has 4 nitrogen and oxygen atoms in total. The minimum atomic E-state index is -0.307. The van der Waals surface area contributed by atoms with Gasteiger partial charge in [-0.25, -0.2) is 4.39 Å². The van der Waals surface area contributed by atoms with Gasteiger partial charge in [0.25, 0.3) is 5.91 Å². The Labute approximate surface area is 168 Å². The summed E-state index contributed by atoms with van der Waals surface area (Å²) >= 11 is 0. The van der Waals surface area contributed by atoms with Gasteiger partial charge in [0.05, 0.1) is 12.7 Å². The van der Waals surface area contributed by atoms with Gasteiger partial charge in [0.15, 0.2) is 0 Å². The minimum absolute atomic E-state index is 0.0495. The quantitative estimate of drug-likeness (QED) is 0.788.